The van der Waals surface area contributed by atoms with Gasteiger partial charge < -0.3 is 10.4 Å². The molecule has 6 nitrogen and oxygen atoms in total. The van der Waals surface area contributed by atoms with Crippen LogP contribution in [0, 0.1) is 11.6 Å². The van der Waals surface area contributed by atoms with Crippen molar-refractivity contribution in [3.8, 4) is 5.69 Å². The zero-order valence-electron chi connectivity index (χ0n) is 16.3. The van der Waals surface area contributed by atoms with Crippen LogP contribution in [0.5, 0.6) is 0 Å². The number of aliphatic hydroxyl groups excluding tert-OH is 1. The first kappa shape index (κ1) is 20.5. The van der Waals surface area contributed by atoms with E-state index in [2.05, 4.69) is 15.7 Å². The Hall–Kier alpha value is -3.26. The van der Waals surface area contributed by atoms with E-state index >= 15 is 0 Å². The number of nitrogens with one attached hydrogen (secondary N) is 2. The zero-order chi connectivity index (χ0) is 21.2. The fourth-order valence-corrected chi connectivity index (χ4v) is 2.69. The summed E-state index contributed by atoms with van der Waals surface area (Å²) in [5.41, 5.74) is 1.49. The van der Waals surface area contributed by atoms with Crippen molar-refractivity contribution in [1.82, 2.24) is 9.78 Å². The molecular formula is C21H22F2N4O2. The second-order valence-electron chi connectivity index (χ2n) is 7.59. The van der Waals surface area contributed by atoms with Gasteiger partial charge in [0.15, 0.2) is 11.6 Å². The number of benzene rings is 2. The highest BCUT2D eigenvalue weighted by Gasteiger charge is 2.22. The van der Waals surface area contributed by atoms with Gasteiger partial charge >= 0.3 is 6.03 Å². The fraction of sp³-hybridized carbons (Fsp3) is 0.238. The van der Waals surface area contributed by atoms with E-state index in [0.717, 1.165) is 11.8 Å². The lowest BCUT2D eigenvalue weighted by Gasteiger charge is -2.14. The van der Waals surface area contributed by atoms with Crippen molar-refractivity contribution in [1.29, 1.82) is 0 Å². The molecule has 0 aliphatic heterocycles. The Morgan fingerprint density at radius 3 is 2.52 bits per heavy atom. The molecule has 2 amide bonds. The number of aliphatic hydroxyl groups is 1. The predicted molar refractivity (Wildman–Crippen MR) is 107 cm³/mol. The maximum absolute atomic E-state index is 13.8. The van der Waals surface area contributed by atoms with E-state index in [0.29, 0.717) is 17.1 Å². The number of halogens is 2. The van der Waals surface area contributed by atoms with Gasteiger partial charge in [-0.1, -0.05) is 39.0 Å². The first-order chi connectivity index (χ1) is 13.7. The molecule has 0 atom stereocenters. The Labute approximate surface area is 167 Å². The van der Waals surface area contributed by atoms with E-state index < -0.39 is 17.7 Å². The lowest BCUT2D eigenvalue weighted by molar-refractivity contribution is 0.262. The van der Waals surface area contributed by atoms with Gasteiger partial charge in [0.25, 0.3) is 0 Å². The molecule has 0 fully saturated rings. The van der Waals surface area contributed by atoms with E-state index in [9.17, 15) is 18.7 Å². The summed E-state index contributed by atoms with van der Waals surface area (Å²) in [4.78, 5) is 12.4. The number of hydrogen-bond acceptors (Lipinski definition) is 3. The molecule has 0 radical (unpaired) electrons. The molecule has 0 unspecified atom stereocenters. The standard InChI is InChI=1S/C21H22F2N4O2/c1-21(2,3)17-11-18(27(26-17)14-7-4-6-13(10-14)12-28)25-20(29)24-16-9-5-8-15(22)19(16)23/h4-11,28H,12H2,1-3H3,(H2,24,25,29). The smallest absolute Gasteiger partial charge is 0.324 e. The molecular weight excluding hydrogens is 378 g/mol. The highest BCUT2D eigenvalue weighted by atomic mass is 19.2. The van der Waals surface area contributed by atoms with Crippen LogP contribution in [-0.2, 0) is 12.0 Å². The lowest BCUT2D eigenvalue weighted by atomic mass is 9.92. The van der Waals surface area contributed by atoms with Gasteiger partial charge in [-0.2, -0.15) is 5.10 Å². The Morgan fingerprint density at radius 1 is 1.10 bits per heavy atom. The summed E-state index contributed by atoms with van der Waals surface area (Å²) in [7, 11) is 0. The van der Waals surface area contributed by atoms with Gasteiger partial charge in [0.05, 0.1) is 23.7 Å². The summed E-state index contributed by atoms with van der Waals surface area (Å²) in [6.07, 6.45) is 0. The molecule has 0 spiro atoms. The number of rotatable bonds is 4. The molecule has 8 heteroatoms. The maximum atomic E-state index is 13.8. The van der Waals surface area contributed by atoms with E-state index in [4.69, 9.17) is 0 Å². The molecule has 3 rings (SSSR count). The number of anilines is 2. The molecule has 0 bridgehead atoms. The summed E-state index contributed by atoms with van der Waals surface area (Å²) >= 11 is 0. The Kier molecular flexibility index (Phi) is 5.65. The van der Waals surface area contributed by atoms with Crippen LogP contribution in [0.15, 0.2) is 48.5 Å². The van der Waals surface area contributed by atoms with E-state index in [1.54, 1.807) is 30.3 Å². The Bertz CT molecular complexity index is 1040. The van der Waals surface area contributed by atoms with Crippen molar-refractivity contribution in [2.75, 3.05) is 10.6 Å². The summed E-state index contributed by atoms with van der Waals surface area (Å²) in [6, 6.07) is 11.6. The average Bonchev–Trinajstić information content (AvgIpc) is 3.09. The molecule has 29 heavy (non-hydrogen) atoms. The first-order valence-corrected chi connectivity index (χ1v) is 9.02. The number of urea groups is 1. The third-order valence-corrected chi connectivity index (χ3v) is 4.26. The van der Waals surface area contributed by atoms with Crippen LogP contribution in [0.1, 0.15) is 32.0 Å². The van der Waals surface area contributed by atoms with E-state index in [1.165, 1.54) is 16.8 Å². The summed E-state index contributed by atoms with van der Waals surface area (Å²) in [5.74, 6) is -1.84. The fourth-order valence-electron chi connectivity index (χ4n) is 2.69. The Balaban J connectivity index is 1.94. The highest BCUT2D eigenvalue weighted by molar-refractivity contribution is 5.99. The molecule has 1 aromatic heterocycles. The van der Waals surface area contributed by atoms with Gasteiger partial charge in [-0.05, 0) is 29.8 Å². The van der Waals surface area contributed by atoms with Crippen LogP contribution < -0.4 is 10.6 Å². The second-order valence-corrected chi connectivity index (χ2v) is 7.59. The number of nitrogens with zero attached hydrogens (tertiary/aromatic N) is 2. The van der Waals surface area contributed by atoms with Crippen molar-refractivity contribution in [2.45, 2.75) is 32.8 Å². The summed E-state index contributed by atoms with van der Waals surface area (Å²) < 4.78 is 28.7. The number of aromatic nitrogens is 2. The number of hydrogen-bond donors (Lipinski definition) is 3. The number of carbonyl (C=O) groups is 1. The van der Waals surface area contributed by atoms with E-state index in [-0.39, 0.29) is 17.7 Å². The molecule has 0 aliphatic rings. The minimum Gasteiger partial charge on any atom is -0.392 e. The van der Waals surface area contributed by atoms with Crippen LogP contribution in [0.2, 0.25) is 0 Å². The summed E-state index contributed by atoms with van der Waals surface area (Å²) in [5, 5.41) is 18.9. The highest BCUT2D eigenvalue weighted by Crippen LogP contribution is 2.27. The van der Waals surface area contributed by atoms with E-state index in [1.807, 2.05) is 20.8 Å². The Morgan fingerprint density at radius 2 is 1.83 bits per heavy atom. The van der Waals surface area contributed by atoms with Crippen LogP contribution in [0.4, 0.5) is 25.1 Å². The second kappa shape index (κ2) is 8.00. The van der Waals surface area contributed by atoms with Crippen LogP contribution in [-0.4, -0.2) is 20.9 Å². The molecule has 0 saturated heterocycles. The lowest BCUT2D eigenvalue weighted by Crippen LogP contribution is -2.22. The SMILES string of the molecule is CC(C)(C)c1cc(NC(=O)Nc2cccc(F)c2F)n(-c2cccc(CO)c2)n1. The molecule has 3 N–H and O–H groups in total. The molecule has 152 valence electrons. The van der Waals surface area contributed by atoms with Gasteiger partial charge in [0, 0.05) is 11.5 Å². The third kappa shape index (κ3) is 4.60. The van der Waals surface area contributed by atoms with Gasteiger partial charge in [0.2, 0.25) is 0 Å². The van der Waals surface area contributed by atoms with Crippen LogP contribution >= 0.6 is 0 Å². The van der Waals surface area contributed by atoms with Crippen molar-refractivity contribution in [3.05, 3.63) is 71.4 Å². The van der Waals surface area contributed by atoms with Crippen molar-refractivity contribution < 1.29 is 18.7 Å². The van der Waals surface area contributed by atoms with Crippen molar-refractivity contribution >= 4 is 17.5 Å². The molecule has 2 aromatic carbocycles. The van der Waals surface area contributed by atoms with Crippen molar-refractivity contribution in [3.63, 3.8) is 0 Å². The molecule has 0 aliphatic carbocycles. The molecule has 0 saturated carbocycles. The first-order valence-electron chi connectivity index (χ1n) is 9.02. The third-order valence-electron chi connectivity index (χ3n) is 4.26. The number of carbonyl (C=O) groups excluding carboxylic acids is 1. The number of amides is 2. The normalized spacial score (nSPS) is 11.4. The van der Waals surface area contributed by atoms with Gasteiger partial charge in [-0.25, -0.2) is 18.3 Å². The topological polar surface area (TPSA) is 79.2 Å². The monoisotopic (exact) mass is 400 g/mol. The predicted octanol–water partition coefficient (Wildman–Crippen LogP) is 4.58. The summed E-state index contributed by atoms with van der Waals surface area (Å²) in [6.45, 7) is 5.81. The van der Waals surface area contributed by atoms with Crippen LogP contribution in [0.3, 0.4) is 0 Å². The minimum atomic E-state index is -1.14. The van der Waals surface area contributed by atoms with Gasteiger partial charge in [0.1, 0.15) is 5.82 Å². The average molecular weight is 400 g/mol. The van der Waals surface area contributed by atoms with Crippen LogP contribution in [0.25, 0.3) is 5.69 Å². The zero-order valence-corrected chi connectivity index (χ0v) is 16.3. The maximum Gasteiger partial charge on any atom is 0.324 e. The molecule has 1 heterocycles. The molecule has 3 aromatic rings. The van der Waals surface area contributed by atoms with Crippen molar-refractivity contribution in [2.24, 2.45) is 0 Å². The quantitative estimate of drug-likeness (QED) is 0.600. The largest absolute Gasteiger partial charge is 0.392 e. The van der Waals surface area contributed by atoms with Gasteiger partial charge in [-0.3, -0.25) is 5.32 Å². The minimum absolute atomic E-state index is 0.136. The van der Waals surface area contributed by atoms with Gasteiger partial charge in [-0.15, -0.1) is 0 Å².